The number of ether oxygens (including phenoxy) is 1. The fourth-order valence-electron chi connectivity index (χ4n) is 2.28. The maximum absolute atomic E-state index is 12.9. The molecule has 1 aromatic rings. The molecule has 0 saturated heterocycles. The van der Waals surface area contributed by atoms with E-state index >= 15 is 0 Å². The van der Waals surface area contributed by atoms with E-state index in [2.05, 4.69) is 4.98 Å². The number of methoxy groups -OCH3 is 1. The number of hydrogen-bond acceptors (Lipinski definition) is 4. The molecule has 2 unspecified atom stereocenters. The predicted molar refractivity (Wildman–Crippen MR) is 69.0 cm³/mol. The van der Waals surface area contributed by atoms with E-state index in [4.69, 9.17) is 4.74 Å². The lowest BCUT2D eigenvalue weighted by molar-refractivity contribution is -0.171. The summed E-state index contributed by atoms with van der Waals surface area (Å²) in [4.78, 5) is 15.9. The summed E-state index contributed by atoms with van der Waals surface area (Å²) in [6.07, 6.45) is 1.57. The van der Waals surface area contributed by atoms with Gasteiger partial charge in [0.25, 0.3) is 0 Å². The molecule has 0 aliphatic carbocycles. The van der Waals surface area contributed by atoms with E-state index in [1.54, 1.807) is 13.8 Å². The van der Waals surface area contributed by atoms with Gasteiger partial charge in [0, 0.05) is 11.6 Å². The summed E-state index contributed by atoms with van der Waals surface area (Å²) in [6.45, 7) is 5.32. The van der Waals surface area contributed by atoms with E-state index in [-0.39, 0.29) is 5.92 Å². The molecule has 0 fully saturated rings. The van der Waals surface area contributed by atoms with E-state index < -0.39 is 23.3 Å². The molecule has 2 atom stereocenters. The first-order valence-electron chi connectivity index (χ1n) is 6.30. The molecule has 0 spiro atoms. The lowest BCUT2D eigenvalue weighted by Gasteiger charge is -2.36. The normalized spacial score (nSPS) is 15.9. The molecule has 106 valence electrons. The van der Waals surface area contributed by atoms with E-state index in [0.29, 0.717) is 12.1 Å². The number of nitrogens with zero attached hydrogens (tertiary/aromatic N) is 1. The van der Waals surface area contributed by atoms with Crippen LogP contribution >= 0.6 is 0 Å². The van der Waals surface area contributed by atoms with Crippen LogP contribution < -0.4 is 0 Å². The van der Waals surface area contributed by atoms with Gasteiger partial charge in [0.15, 0.2) is 5.60 Å². The Labute approximate surface area is 112 Å². The zero-order chi connectivity index (χ0) is 14.6. The monoisotopic (exact) mass is 269 g/mol. The van der Waals surface area contributed by atoms with Crippen LogP contribution in [0.4, 0.5) is 4.39 Å². The van der Waals surface area contributed by atoms with Crippen LogP contribution in [0.15, 0.2) is 18.3 Å². The van der Waals surface area contributed by atoms with Crippen LogP contribution in [0.3, 0.4) is 0 Å². The van der Waals surface area contributed by atoms with Gasteiger partial charge in [-0.05, 0) is 24.5 Å². The summed E-state index contributed by atoms with van der Waals surface area (Å²) in [5, 5.41) is 10.7. The third-order valence-electron chi connectivity index (χ3n) is 3.44. The molecule has 1 aromatic heterocycles. The van der Waals surface area contributed by atoms with Crippen molar-refractivity contribution in [3.8, 4) is 0 Å². The maximum Gasteiger partial charge on any atom is 0.338 e. The third kappa shape index (κ3) is 2.92. The number of pyridine rings is 1. The number of rotatable bonds is 5. The molecular weight excluding hydrogens is 249 g/mol. The van der Waals surface area contributed by atoms with Gasteiger partial charge in [-0.25, -0.2) is 9.18 Å². The number of esters is 1. The summed E-state index contributed by atoms with van der Waals surface area (Å²) < 4.78 is 17.6. The Bertz CT molecular complexity index is 433. The fourth-order valence-corrected chi connectivity index (χ4v) is 2.28. The van der Waals surface area contributed by atoms with Crippen molar-refractivity contribution in [3.63, 3.8) is 0 Å². The molecule has 0 aliphatic rings. The maximum atomic E-state index is 12.9. The largest absolute Gasteiger partial charge is 0.467 e. The highest BCUT2D eigenvalue weighted by Crippen LogP contribution is 2.37. The van der Waals surface area contributed by atoms with Crippen LogP contribution in [0, 0.1) is 11.7 Å². The summed E-state index contributed by atoms with van der Waals surface area (Å²) in [5.74, 6) is -2.04. The first-order valence-corrected chi connectivity index (χ1v) is 6.30. The number of aromatic nitrogens is 1. The average molecular weight is 269 g/mol. The second-order valence-corrected chi connectivity index (χ2v) is 4.83. The number of carbonyl (C=O) groups excluding carboxylic acids is 1. The van der Waals surface area contributed by atoms with Crippen LogP contribution in [0.5, 0.6) is 0 Å². The molecule has 0 saturated carbocycles. The van der Waals surface area contributed by atoms with Crippen molar-refractivity contribution in [2.24, 2.45) is 5.92 Å². The van der Waals surface area contributed by atoms with Gasteiger partial charge in [-0.15, -0.1) is 0 Å². The molecule has 19 heavy (non-hydrogen) atoms. The van der Waals surface area contributed by atoms with Crippen molar-refractivity contribution in [1.82, 2.24) is 4.98 Å². The predicted octanol–water partition coefficient (Wildman–Crippen LogP) is 2.27. The smallest absolute Gasteiger partial charge is 0.338 e. The molecule has 5 heteroatoms. The highest BCUT2D eigenvalue weighted by Gasteiger charge is 2.48. The Morgan fingerprint density at radius 2 is 2.16 bits per heavy atom. The van der Waals surface area contributed by atoms with Crippen molar-refractivity contribution >= 4 is 5.97 Å². The molecule has 4 nitrogen and oxygen atoms in total. The van der Waals surface area contributed by atoms with Gasteiger partial charge in [-0.2, -0.15) is 0 Å². The Balaban J connectivity index is 3.24. The highest BCUT2D eigenvalue weighted by molar-refractivity contribution is 5.81. The second kappa shape index (κ2) is 6.10. The van der Waals surface area contributed by atoms with Crippen molar-refractivity contribution in [3.05, 3.63) is 29.8 Å². The van der Waals surface area contributed by atoms with Gasteiger partial charge in [-0.3, -0.25) is 4.98 Å². The number of carbonyl (C=O) groups is 1. The molecule has 0 aliphatic heterocycles. The van der Waals surface area contributed by atoms with Crippen molar-refractivity contribution in [2.75, 3.05) is 7.11 Å². The number of hydrogen-bond donors (Lipinski definition) is 1. The van der Waals surface area contributed by atoms with Crippen molar-refractivity contribution in [1.29, 1.82) is 0 Å². The minimum absolute atomic E-state index is 0.350. The quantitative estimate of drug-likeness (QED) is 0.833. The van der Waals surface area contributed by atoms with Crippen LogP contribution in [-0.2, 0) is 9.53 Å². The van der Waals surface area contributed by atoms with Gasteiger partial charge in [0.2, 0.25) is 0 Å². The van der Waals surface area contributed by atoms with Gasteiger partial charge in [0.1, 0.15) is 5.82 Å². The van der Waals surface area contributed by atoms with Crippen LogP contribution in [-0.4, -0.2) is 28.8 Å². The standard InChI is InChI=1S/C14H20FNO3/c1-5-11(12-7-6-10(15)8-16-12)14(18,9(2)3)13(17)19-4/h6-9,11,18H,5H2,1-4H3. The Kier molecular flexibility index (Phi) is 5.00. The lowest BCUT2D eigenvalue weighted by atomic mass is 9.75. The van der Waals surface area contributed by atoms with Crippen molar-refractivity contribution in [2.45, 2.75) is 38.7 Å². The SMILES string of the molecule is CCC(c1ccc(F)cn1)C(O)(C(=O)OC)C(C)C. The summed E-state index contributed by atoms with van der Waals surface area (Å²) in [5.41, 5.74) is -1.19. The fraction of sp³-hybridized carbons (Fsp3) is 0.571. The number of halogens is 1. The van der Waals surface area contributed by atoms with E-state index in [1.165, 1.54) is 19.2 Å². The van der Waals surface area contributed by atoms with Crippen LogP contribution in [0.1, 0.15) is 38.8 Å². The summed E-state index contributed by atoms with van der Waals surface area (Å²) >= 11 is 0. The van der Waals surface area contributed by atoms with Gasteiger partial charge in [-0.1, -0.05) is 20.8 Å². The molecule has 1 heterocycles. The summed E-state index contributed by atoms with van der Waals surface area (Å²) in [6, 6.07) is 2.75. The first kappa shape index (κ1) is 15.6. The molecule has 0 bridgehead atoms. The molecule has 1 rings (SSSR count). The molecular formula is C14H20FNO3. The van der Waals surface area contributed by atoms with E-state index in [0.717, 1.165) is 6.20 Å². The van der Waals surface area contributed by atoms with Crippen molar-refractivity contribution < 1.29 is 19.0 Å². The van der Waals surface area contributed by atoms with Gasteiger partial charge >= 0.3 is 5.97 Å². The Morgan fingerprint density at radius 1 is 1.53 bits per heavy atom. The third-order valence-corrected chi connectivity index (χ3v) is 3.44. The van der Waals surface area contributed by atoms with Gasteiger partial charge in [0.05, 0.1) is 13.3 Å². The Morgan fingerprint density at radius 3 is 2.53 bits per heavy atom. The second-order valence-electron chi connectivity index (χ2n) is 4.83. The van der Waals surface area contributed by atoms with Gasteiger partial charge < -0.3 is 9.84 Å². The molecule has 1 N–H and O–H groups in total. The molecule has 0 amide bonds. The molecule has 0 aromatic carbocycles. The summed E-state index contributed by atoms with van der Waals surface area (Å²) in [7, 11) is 1.24. The number of aliphatic hydroxyl groups is 1. The van der Waals surface area contributed by atoms with E-state index in [9.17, 15) is 14.3 Å². The van der Waals surface area contributed by atoms with Crippen LogP contribution in [0.2, 0.25) is 0 Å². The topological polar surface area (TPSA) is 59.4 Å². The zero-order valence-corrected chi connectivity index (χ0v) is 11.7. The highest BCUT2D eigenvalue weighted by atomic mass is 19.1. The zero-order valence-electron chi connectivity index (χ0n) is 11.7. The minimum Gasteiger partial charge on any atom is -0.467 e. The Hall–Kier alpha value is -1.49. The first-order chi connectivity index (χ1) is 8.87. The average Bonchev–Trinajstić information content (AvgIpc) is 2.40. The minimum atomic E-state index is -1.67. The van der Waals surface area contributed by atoms with Crippen LogP contribution in [0.25, 0.3) is 0 Å². The molecule has 0 radical (unpaired) electrons. The van der Waals surface area contributed by atoms with E-state index in [1.807, 2.05) is 6.92 Å². The lowest BCUT2D eigenvalue weighted by Crippen LogP contribution is -2.50.